The molecule has 15 heavy (non-hydrogen) atoms. The molecule has 1 aliphatic rings. The van der Waals surface area contributed by atoms with Gasteiger partial charge in [0, 0.05) is 24.8 Å². The molecule has 5 heteroatoms. The van der Waals surface area contributed by atoms with E-state index in [0.29, 0.717) is 18.3 Å². The van der Waals surface area contributed by atoms with Crippen molar-refractivity contribution in [2.45, 2.75) is 25.8 Å². The number of amides is 1. The minimum atomic E-state index is -0.114. The van der Waals surface area contributed by atoms with Gasteiger partial charge in [-0.2, -0.15) is 5.10 Å². The standard InChI is InChI=1S/C10H16N4O/c1-7-6-9(14-13-7)10(15)12-5-4-11-8-2-3-8/h6,8,11H,2-5H2,1H3,(H,12,15)(H,13,14). The average molecular weight is 208 g/mol. The van der Waals surface area contributed by atoms with Crippen LogP contribution in [0.4, 0.5) is 0 Å². The smallest absolute Gasteiger partial charge is 0.271 e. The third-order valence-corrected chi connectivity index (χ3v) is 2.36. The van der Waals surface area contributed by atoms with Crippen molar-refractivity contribution >= 4 is 5.91 Å². The third-order valence-electron chi connectivity index (χ3n) is 2.36. The fourth-order valence-corrected chi connectivity index (χ4v) is 1.36. The van der Waals surface area contributed by atoms with Gasteiger partial charge in [0.25, 0.3) is 5.91 Å². The van der Waals surface area contributed by atoms with Gasteiger partial charge in [-0.25, -0.2) is 0 Å². The van der Waals surface area contributed by atoms with Crippen LogP contribution in [-0.2, 0) is 0 Å². The Kier molecular flexibility index (Phi) is 3.01. The predicted octanol–water partition coefficient (Wildman–Crippen LogP) is 0.200. The Morgan fingerprint density at radius 1 is 1.60 bits per heavy atom. The average Bonchev–Trinajstić information content (AvgIpc) is 2.94. The van der Waals surface area contributed by atoms with E-state index < -0.39 is 0 Å². The third kappa shape index (κ3) is 3.06. The van der Waals surface area contributed by atoms with Crippen LogP contribution in [0.2, 0.25) is 0 Å². The van der Waals surface area contributed by atoms with Crippen LogP contribution in [0.15, 0.2) is 6.07 Å². The van der Waals surface area contributed by atoms with Crippen molar-refractivity contribution in [1.29, 1.82) is 0 Å². The Hall–Kier alpha value is -1.36. The number of hydrogen-bond donors (Lipinski definition) is 3. The van der Waals surface area contributed by atoms with Crippen LogP contribution in [0.25, 0.3) is 0 Å². The van der Waals surface area contributed by atoms with Gasteiger partial charge in [0.05, 0.1) is 0 Å². The molecule has 0 unspecified atom stereocenters. The van der Waals surface area contributed by atoms with Gasteiger partial charge < -0.3 is 10.6 Å². The number of aromatic nitrogens is 2. The molecular weight excluding hydrogens is 192 g/mol. The molecule has 1 aromatic rings. The summed E-state index contributed by atoms with van der Waals surface area (Å²) >= 11 is 0. The molecule has 0 aromatic carbocycles. The van der Waals surface area contributed by atoms with Gasteiger partial charge in [0.1, 0.15) is 5.69 Å². The van der Waals surface area contributed by atoms with E-state index in [1.807, 2.05) is 6.92 Å². The molecule has 2 rings (SSSR count). The molecule has 1 saturated carbocycles. The summed E-state index contributed by atoms with van der Waals surface area (Å²) < 4.78 is 0. The van der Waals surface area contributed by atoms with Crippen LogP contribution < -0.4 is 10.6 Å². The molecule has 0 spiro atoms. The van der Waals surface area contributed by atoms with Crippen LogP contribution in [0.5, 0.6) is 0 Å². The molecule has 1 fully saturated rings. The summed E-state index contributed by atoms with van der Waals surface area (Å²) in [6, 6.07) is 2.43. The molecule has 0 aliphatic heterocycles. The Balaban J connectivity index is 1.67. The van der Waals surface area contributed by atoms with Crippen LogP contribution in [-0.4, -0.2) is 35.2 Å². The van der Waals surface area contributed by atoms with Crippen molar-refractivity contribution in [2.75, 3.05) is 13.1 Å². The van der Waals surface area contributed by atoms with E-state index in [1.165, 1.54) is 12.8 Å². The van der Waals surface area contributed by atoms with E-state index >= 15 is 0 Å². The van der Waals surface area contributed by atoms with Crippen molar-refractivity contribution in [1.82, 2.24) is 20.8 Å². The van der Waals surface area contributed by atoms with E-state index in [1.54, 1.807) is 6.07 Å². The zero-order valence-electron chi connectivity index (χ0n) is 8.84. The SMILES string of the molecule is Cc1cc(C(=O)NCCNC2CC2)n[nH]1. The molecule has 1 heterocycles. The lowest BCUT2D eigenvalue weighted by atomic mass is 10.3. The summed E-state index contributed by atoms with van der Waals surface area (Å²) in [6.45, 7) is 3.36. The molecule has 1 aliphatic carbocycles. The predicted molar refractivity (Wildman–Crippen MR) is 56.7 cm³/mol. The molecule has 1 amide bonds. The van der Waals surface area contributed by atoms with Crippen molar-refractivity contribution < 1.29 is 4.79 Å². The molecule has 0 saturated heterocycles. The highest BCUT2D eigenvalue weighted by Gasteiger charge is 2.19. The van der Waals surface area contributed by atoms with Crippen molar-refractivity contribution in [2.24, 2.45) is 0 Å². The quantitative estimate of drug-likeness (QED) is 0.605. The molecule has 0 bridgehead atoms. The summed E-state index contributed by atoms with van der Waals surface area (Å²) in [5.74, 6) is -0.114. The van der Waals surface area contributed by atoms with Crippen LogP contribution in [0.1, 0.15) is 29.0 Å². The Morgan fingerprint density at radius 3 is 3.00 bits per heavy atom. The van der Waals surface area contributed by atoms with Gasteiger partial charge in [-0.1, -0.05) is 0 Å². The number of hydrogen-bond acceptors (Lipinski definition) is 3. The maximum Gasteiger partial charge on any atom is 0.271 e. The lowest BCUT2D eigenvalue weighted by Gasteiger charge is -2.03. The van der Waals surface area contributed by atoms with Gasteiger partial charge in [-0.15, -0.1) is 0 Å². The number of H-pyrrole nitrogens is 1. The highest BCUT2D eigenvalue weighted by Crippen LogP contribution is 2.17. The van der Waals surface area contributed by atoms with E-state index in [-0.39, 0.29) is 5.91 Å². The highest BCUT2D eigenvalue weighted by atomic mass is 16.1. The lowest BCUT2D eigenvalue weighted by molar-refractivity contribution is 0.0949. The zero-order valence-corrected chi connectivity index (χ0v) is 8.84. The lowest BCUT2D eigenvalue weighted by Crippen LogP contribution is -2.32. The number of nitrogens with zero attached hydrogens (tertiary/aromatic N) is 1. The first kappa shape index (κ1) is 10.2. The van der Waals surface area contributed by atoms with Gasteiger partial charge in [0.2, 0.25) is 0 Å². The van der Waals surface area contributed by atoms with E-state index in [0.717, 1.165) is 12.2 Å². The zero-order chi connectivity index (χ0) is 10.7. The summed E-state index contributed by atoms with van der Waals surface area (Å²) in [7, 11) is 0. The van der Waals surface area contributed by atoms with Crippen LogP contribution in [0, 0.1) is 6.92 Å². The van der Waals surface area contributed by atoms with Crippen molar-refractivity contribution in [3.05, 3.63) is 17.5 Å². The number of aryl methyl sites for hydroxylation is 1. The maximum atomic E-state index is 11.5. The van der Waals surface area contributed by atoms with Crippen molar-refractivity contribution in [3.63, 3.8) is 0 Å². The fraction of sp³-hybridized carbons (Fsp3) is 0.600. The summed E-state index contributed by atoms with van der Waals surface area (Å²) in [6.07, 6.45) is 2.54. The first-order valence-corrected chi connectivity index (χ1v) is 5.29. The Bertz CT molecular complexity index is 343. The molecular formula is C10H16N4O. The second-order valence-electron chi connectivity index (χ2n) is 3.92. The Labute approximate surface area is 88.6 Å². The number of aromatic amines is 1. The molecule has 3 N–H and O–H groups in total. The summed E-state index contributed by atoms with van der Waals surface area (Å²) in [5, 5.41) is 12.8. The van der Waals surface area contributed by atoms with Gasteiger partial charge >= 0.3 is 0 Å². The molecule has 0 atom stereocenters. The van der Waals surface area contributed by atoms with Gasteiger partial charge in [0.15, 0.2) is 0 Å². The second-order valence-corrected chi connectivity index (χ2v) is 3.92. The minimum absolute atomic E-state index is 0.114. The highest BCUT2D eigenvalue weighted by molar-refractivity contribution is 5.92. The number of carbonyl (C=O) groups excluding carboxylic acids is 1. The topological polar surface area (TPSA) is 69.8 Å². The van der Waals surface area contributed by atoms with E-state index in [4.69, 9.17) is 0 Å². The summed E-state index contributed by atoms with van der Waals surface area (Å²) in [4.78, 5) is 11.5. The number of nitrogens with one attached hydrogen (secondary N) is 3. The van der Waals surface area contributed by atoms with E-state index in [9.17, 15) is 4.79 Å². The molecule has 5 nitrogen and oxygen atoms in total. The first-order chi connectivity index (χ1) is 7.25. The minimum Gasteiger partial charge on any atom is -0.349 e. The van der Waals surface area contributed by atoms with Gasteiger partial charge in [-0.05, 0) is 25.8 Å². The largest absolute Gasteiger partial charge is 0.349 e. The maximum absolute atomic E-state index is 11.5. The monoisotopic (exact) mass is 208 g/mol. The number of carbonyl (C=O) groups is 1. The van der Waals surface area contributed by atoms with Gasteiger partial charge in [-0.3, -0.25) is 9.89 Å². The Morgan fingerprint density at radius 2 is 2.40 bits per heavy atom. The molecule has 82 valence electrons. The second kappa shape index (κ2) is 4.44. The molecule has 1 aromatic heterocycles. The summed E-state index contributed by atoms with van der Waals surface area (Å²) in [5.41, 5.74) is 1.36. The first-order valence-electron chi connectivity index (χ1n) is 5.29. The van der Waals surface area contributed by atoms with E-state index in [2.05, 4.69) is 20.8 Å². The van der Waals surface area contributed by atoms with Crippen molar-refractivity contribution in [3.8, 4) is 0 Å². The van der Waals surface area contributed by atoms with Crippen LogP contribution >= 0.6 is 0 Å². The molecule has 0 radical (unpaired) electrons. The normalized spacial score (nSPS) is 15.3. The fourth-order valence-electron chi connectivity index (χ4n) is 1.36. The number of rotatable bonds is 5. The van der Waals surface area contributed by atoms with Crippen LogP contribution in [0.3, 0.4) is 0 Å².